The van der Waals surface area contributed by atoms with E-state index in [-0.39, 0.29) is 20.3 Å². The largest absolute Gasteiger partial charge is 0.466 e. The molecule has 146 valence electrons. The minimum atomic E-state index is -1.28. The maximum atomic E-state index is 12.5. The van der Waals surface area contributed by atoms with Crippen molar-refractivity contribution in [3.05, 3.63) is 31.3 Å². The molecule has 2 rings (SSSR count). The molecule has 2 aliphatic heterocycles. The second-order valence-electron chi connectivity index (χ2n) is 5.06. The molecule has 0 N–H and O–H groups in total. The Morgan fingerprint density at radius 2 is 1.15 bits per heavy atom. The van der Waals surface area contributed by atoms with Crippen molar-refractivity contribution in [2.24, 2.45) is 0 Å². The Morgan fingerprint density at radius 1 is 0.741 bits per heavy atom. The molecule has 0 unspecified atom stereocenters. The van der Waals surface area contributed by atoms with E-state index in [1.807, 2.05) is 0 Å². The molecule has 27 heavy (non-hydrogen) atoms. The van der Waals surface area contributed by atoms with Crippen LogP contribution in [-0.4, -0.2) is 56.4 Å². The van der Waals surface area contributed by atoms with Gasteiger partial charge in [0, 0.05) is 0 Å². The number of thioether (sulfide) groups is 3. The maximum Gasteiger partial charge on any atom is 0.345 e. The number of hydrogen-bond donors (Lipinski definition) is 0. The average Bonchev–Trinajstić information content (AvgIpc) is 3.04. The van der Waals surface area contributed by atoms with Gasteiger partial charge in [0.25, 0.3) is 0 Å². The minimum Gasteiger partial charge on any atom is -0.466 e. The standard InChI is InChI=1S/C16H16O8S3/c1-7-6-16(8(12(17)21-2)9(25-7)13(18)22-3)26-10(14(19)23-4)11(27-16)15(20)24-5/h6H,1-5H3. The molecule has 2 aliphatic rings. The smallest absolute Gasteiger partial charge is 0.345 e. The lowest BCUT2D eigenvalue weighted by Crippen LogP contribution is -2.31. The fourth-order valence-corrected chi connectivity index (χ4v) is 6.95. The van der Waals surface area contributed by atoms with E-state index in [1.54, 1.807) is 13.0 Å². The number of methoxy groups -OCH3 is 4. The Morgan fingerprint density at radius 3 is 1.56 bits per heavy atom. The molecule has 8 nitrogen and oxygen atoms in total. The van der Waals surface area contributed by atoms with Crippen molar-refractivity contribution in [3.8, 4) is 0 Å². The molecular weight excluding hydrogens is 416 g/mol. The summed E-state index contributed by atoms with van der Waals surface area (Å²) in [5.74, 6) is -3.00. The van der Waals surface area contributed by atoms with Crippen LogP contribution in [0.5, 0.6) is 0 Å². The van der Waals surface area contributed by atoms with Crippen LogP contribution in [0.3, 0.4) is 0 Å². The van der Waals surface area contributed by atoms with E-state index in [9.17, 15) is 19.2 Å². The van der Waals surface area contributed by atoms with Gasteiger partial charge in [-0.25, -0.2) is 19.2 Å². The lowest BCUT2D eigenvalue weighted by molar-refractivity contribution is -0.138. The third-order valence-corrected chi connectivity index (χ3v) is 7.49. The fraction of sp³-hybridized carbons (Fsp3) is 0.375. The van der Waals surface area contributed by atoms with E-state index in [2.05, 4.69) is 0 Å². The quantitative estimate of drug-likeness (QED) is 0.481. The first kappa shape index (κ1) is 21.5. The molecule has 0 saturated heterocycles. The normalized spacial score (nSPS) is 18.2. The summed E-state index contributed by atoms with van der Waals surface area (Å²) in [6.45, 7) is 1.73. The predicted molar refractivity (Wildman–Crippen MR) is 101 cm³/mol. The number of rotatable bonds is 4. The zero-order chi connectivity index (χ0) is 20.4. The Labute approximate surface area is 168 Å². The number of allylic oxidation sites excluding steroid dienone is 1. The lowest BCUT2D eigenvalue weighted by atomic mass is 10.1. The molecular formula is C16H16O8S3. The molecule has 0 saturated carbocycles. The van der Waals surface area contributed by atoms with Crippen molar-refractivity contribution in [2.45, 2.75) is 11.0 Å². The summed E-state index contributed by atoms with van der Waals surface area (Å²) < 4.78 is 17.9. The van der Waals surface area contributed by atoms with Crippen LogP contribution in [0.4, 0.5) is 0 Å². The summed E-state index contributed by atoms with van der Waals surface area (Å²) in [6.07, 6.45) is 1.69. The van der Waals surface area contributed by atoms with E-state index in [1.165, 1.54) is 28.4 Å². The Hall–Kier alpha value is -1.85. The molecule has 0 radical (unpaired) electrons. The van der Waals surface area contributed by atoms with Crippen LogP contribution < -0.4 is 0 Å². The van der Waals surface area contributed by atoms with Crippen LogP contribution in [0.25, 0.3) is 0 Å². The van der Waals surface area contributed by atoms with Crippen molar-refractivity contribution < 1.29 is 38.1 Å². The molecule has 0 atom stereocenters. The van der Waals surface area contributed by atoms with Gasteiger partial charge in [-0.1, -0.05) is 35.3 Å². The van der Waals surface area contributed by atoms with E-state index < -0.39 is 28.0 Å². The van der Waals surface area contributed by atoms with Crippen LogP contribution in [-0.2, 0) is 38.1 Å². The predicted octanol–water partition coefficient (Wildman–Crippen LogP) is 1.97. The first-order valence-electron chi connectivity index (χ1n) is 7.32. The van der Waals surface area contributed by atoms with Crippen LogP contribution >= 0.6 is 35.3 Å². The van der Waals surface area contributed by atoms with Crippen LogP contribution in [0.15, 0.2) is 31.3 Å². The lowest BCUT2D eigenvalue weighted by Gasteiger charge is -2.31. The second kappa shape index (κ2) is 8.44. The second-order valence-corrected chi connectivity index (χ2v) is 9.08. The zero-order valence-electron chi connectivity index (χ0n) is 15.1. The molecule has 1 spiro atoms. The van der Waals surface area contributed by atoms with Crippen molar-refractivity contribution in [3.63, 3.8) is 0 Å². The van der Waals surface area contributed by atoms with E-state index in [0.717, 1.165) is 35.3 Å². The summed E-state index contributed by atoms with van der Waals surface area (Å²) in [6, 6.07) is 0. The molecule has 0 aliphatic carbocycles. The van der Waals surface area contributed by atoms with Gasteiger partial charge >= 0.3 is 23.9 Å². The van der Waals surface area contributed by atoms with Gasteiger partial charge in [-0.05, 0) is 17.9 Å². The van der Waals surface area contributed by atoms with Gasteiger partial charge in [-0.15, -0.1) is 0 Å². The number of carbonyl (C=O) groups excluding carboxylic acids is 4. The number of esters is 4. The van der Waals surface area contributed by atoms with Crippen molar-refractivity contribution in [1.29, 1.82) is 0 Å². The Bertz CT molecular complexity index is 780. The number of ether oxygens (including phenoxy) is 4. The highest BCUT2D eigenvalue weighted by atomic mass is 32.2. The Kier molecular flexibility index (Phi) is 6.71. The van der Waals surface area contributed by atoms with Gasteiger partial charge in [-0.3, -0.25) is 0 Å². The van der Waals surface area contributed by atoms with Gasteiger partial charge in [0.15, 0.2) is 0 Å². The molecule has 11 heteroatoms. The number of hydrogen-bond acceptors (Lipinski definition) is 11. The maximum absolute atomic E-state index is 12.5. The third kappa shape index (κ3) is 3.90. The van der Waals surface area contributed by atoms with Crippen LogP contribution in [0.2, 0.25) is 0 Å². The minimum absolute atomic E-state index is 0.0177. The molecule has 0 amide bonds. The summed E-state index contributed by atoms with van der Waals surface area (Å²) in [5.41, 5.74) is -0.0252. The van der Waals surface area contributed by atoms with Gasteiger partial charge in [0.05, 0.1) is 34.0 Å². The highest BCUT2D eigenvalue weighted by Gasteiger charge is 2.53. The highest BCUT2D eigenvalue weighted by Crippen LogP contribution is 2.63. The van der Waals surface area contributed by atoms with Gasteiger partial charge in [0.1, 0.15) is 18.8 Å². The molecule has 0 aromatic rings. The molecule has 0 aromatic carbocycles. The summed E-state index contributed by atoms with van der Waals surface area (Å²) in [5, 5.41) is 0. The van der Waals surface area contributed by atoms with Crippen molar-refractivity contribution in [2.75, 3.05) is 28.4 Å². The zero-order valence-corrected chi connectivity index (χ0v) is 17.5. The molecule has 2 heterocycles. The average molecular weight is 432 g/mol. The van der Waals surface area contributed by atoms with Gasteiger partial charge < -0.3 is 18.9 Å². The van der Waals surface area contributed by atoms with Crippen LogP contribution in [0.1, 0.15) is 6.92 Å². The van der Waals surface area contributed by atoms with E-state index >= 15 is 0 Å². The summed E-state index contributed by atoms with van der Waals surface area (Å²) >= 11 is 2.88. The molecule has 0 bridgehead atoms. The topological polar surface area (TPSA) is 105 Å². The molecule has 0 fully saturated rings. The van der Waals surface area contributed by atoms with Gasteiger partial charge in [-0.2, -0.15) is 0 Å². The molecule has 0 aromatic heterocycles. The van der Waals surface area contributed by atoms with Crippen molar-refractivity contribution in [1.82, 2.24) is 0 Å². The monoisotopic (exact) mass is 432 g/mol. The first-order chi connectivity index (χ1) is 12.7. The SMILES string of the molecule is COC(=O)C1=C(C(=O)OC)SC2(C=C(C)SC(C(=O)OC)=C2C(=O)OC)S1. The fourth-order valence-electron chi connectivity index (χ4n) is 2.34. The number of carbonyl (C=O) groups is 4. The first-order valence-corrected chi connectivity index (χ1v) is 9.77. The third-order valence-electron chi connectivity index (χ3n) is 3.45. The highest BCUT2D eigenvalue weighted by molar-refractivity contribution is 8.26. The van der Waals surface area contributed by atoms with E-state index in [4.69, 9.17) is 18.9 Å². The summed E-state index contributed by atoms with van der Waals surface area (Å²) in [4.78, 5) is 49.9. The summed E-state index contributed by atoms with van der Waals surface area (Å²) in [7, 11) is 4.72. The Balaban J connectivity index is 2.69. The van der Waals surface area contributed by atoms with E-state index in [0.29, 0.717) is 4.91 Å². The van der Waals surface area contributed by atoms with Gasteiger partial charge in [0.2, 0.25) is 0 Å². The van der Waals surface area contributed by atoms with Crippen LogP contribution in [0, 0.1) is 0 Å². The van der Waals surface area contributed by atoms with Crippen molar-refractivity contribution >= 4 is 59.2 Å².